The molecule has 0 saturated heterocycles. The summed E-state index contributed by atoms with van der Waals surface area (Å²) in [5.41, 5.74) is 0.368. The molecular weight excluding hydrogens is 296 g/mol. The molecule has 2 rings (SSSR count). The summed E-state index contributed by atoms with van der Waals surface area (Å²) in [6.07, 6.45) is 0. The summed E-state index contributed by atoms with van der Waals surface area (Å²) in [6.45, 7) is 0. The second-order valence-corrected chi connectivity index (χ2v) is 5.46. The summed E-state index contributed by atoms with van der Waals surface area (Å²) in [5, 5.41) is 0.385. The summed E-state index contributed by atoms with van der Waals surface area (Å²) in [7, 11) is 2.96. The van der Waals surface area contributed by atoms with E-state index in [4.69, 9.17) is 21.1 Å². The molecule has 0 aliphatic heterocycles. The fourth-order valence-electron chi connectivity index (χ4n) is 1.61. The van der Waals surface area contributed by atoms with Crippen molar-refractivity contribution >= 4 is 29.3 Å². The number of esters is 1. The van der Waals surface area contributed by atoms with Gasteiger partial charge in [0.15, 0.2) is 0 Å². The molecule has 0 atom stereocenters. The van der Waals surface area contributed by atoms with Gasteiger partial charge in [0.05, 0.1) is 24.8 Å². The minimum absolute atomic E-state index is 0.368. The second kappa shape index (κ2) is 6.68. The van der Waals surface area contributed by atoms with Gasteiger partial charge in [0.2, 0.25) is 0 Å². The maximum absolute atomic E-state index is 11.6. The van der Waals surface area contributed by atoms with E-state index in [1.807, 2.05) is 30.3 Å². The number of carbonyl (C=O) groups is 1. The van der Waals surface area contributed by atoms with Crippen molar-refractivity contribution in [3.05, 3.63) is 53.1 Å². The van der Waals surface area contributed by atoms with Crippen molar-refractivity contribution in [2.75, 3.05) is 14.2 Å². The molecule has 104 valence electrons. The molecule has 0 heterocycles. The highest BCUT2D eigenvalue weighted by atomic mass is 35.5. The minimum atomic E-state index is -0.438. The maximum atomic E-state index is 11.6. The Morgan fingerprint density at radius 3 is 2.30 bits per heavy atom. The molecule has 2 aromatic carbocycles. The van der Waals surface area contributed by atoms with E-state index in [1.165, 1.54) is 18.9 Å². The van der Waals surface area contributed by atoms with E-state index in [-0.39, 0.29) is 0 Å². The Labute approximate surface area is 126 Å². The molecule has 0 unspecified atom stereocenters. The van der Waals surface area contributed by atoms with Crippen LogP contribution in [0, 0.1) is 0 Å². The lowest BCUT2D eigenvalue weighted by Crippen LogP contribution is -2.02. The van der Waals surface area contributed by atoms with Gasteiger partial charge in [-0.25, -0.2) is 4.79 Å². The van der Waals surface area contributed by atoms with Crippen LogP contribution in [-0.2, 0) is 4.74 Å². The first-order chi connectivity index (χ1) is 9.63. The Balaban J connectivity index is 2.22. The molecule has 0 bridgehead atoms. The first-order valence-corrected chi connectivity index (χ1v) is 7.03. The van der Waals surface area contributed by atoms with E-state index in [0.717, 1.165) is 15.5 Å². The molecule has 0 aromatic heterocycles. The Kier molecular flexibility index (Phi) is 4.93. The number of benzene rings is 2. The molecule has 3 nitrogen and oxygen atoms in total. The lowest BCUT2D eigenvalue weighted by Gasteiger charge is -2.07. The molecule has 0 fully saturated rings. The zero-order chi connectivity index (χ0) is 14.5. The van der Waals surface area contributed by atoms with Gasteiger partial charge >= 0.3 is 5.97 Å². The zero-order valence-corrected chi connectivity index (χ0v) is 12.6. The third kappa shape index (κ3) is 3.46. The molecule has 5 heteroatoms. The highest BCUT2D eigenvalue weighted by molar-refractivity contribution is 7.99. The number of rotatable bonds is 4. The van der Waals surface area contributed by atoms with E-state index in [1.54, 1.807) is 19.2 Å². The highest BCUT2D eigenvalue weighted by Gasteiger charge is 2.11. The lowest BCUT2D eigenvalue weighted by molar-refractivity contribution is 0.0600. The van der Waals surface area contributed by atoms with Gasteiger partial charge < -0.3 is 9.47 Å². The molecule has 0 amide bonds. The van der Waals surface area contributed by atoms with Gasteiger partial charge in [-0.1, -0.05) is 23.4 Å². The van der Waals surface area contributed by atoms with Crippen LogP contribution in [0.25, 0.3) is 0 Å². The number of ether oxygens (including phenoxy) is 2. The van der Waals surface area contributed by atoms with Gasteiger partial charge in [0.25, 0.3) is 0 Å². The van der Waals surface area contributed by atoms with Gasteiger partial charge in [0, 0.05) is 9.79 Å². The van der Waals surface area contributed by atoms with Gasteiger partial charge in [0.1, 0.15) is 5.75 Å². The molecular formula is C15H13ClO3S. The van der Waals surface area contributed by atoms with E-state index < -0.39 is 5.97 Å². The quantitative estimate of drug-likeness (QED) is 0.790. The third-order valence-corrected chi connectivity index (χ3v) is 3.97. The number of hydrogen-bond donors (Lipinski definition) is 0. The van der Waals surface area contributed by atoms with Crippen molar-refractivity contribution in [3.8, 4) is 5.75 Å². The second-order valence-electron chi connectivity index (χ2n) is 3.91. The largest absolute Gasteiger partial charge is 0.497 e. The molecule has 0 spiro atoms. The Hall–Kier alpha value is -1.65. The number of carbonyl (C=O) groups excluding carboxylic acids is 1. The summed E-state index contributed by atoms with van der Waals surface area (Å²) < 4.78 is 9.82. The number of methoxy groups -OCH3 is 2. The van der Waals surface area contributed by atoms with E-state index in [0.29, 0.717) is 10.6 Å². The minimum Gasteiger partial charge on any atom is -0.497 e. The average Bonchev–Trinajstić information content (AvgIpc) is 2.49. The monoisotopic (exact) mass is 308 g/mol. The van der Waals surface area contributed by atoms with Crippen molar-refractivity contribution in [1.29, 1.82) is 0 Å². The first kappa shape index (κ1) is 14.8. The fourth-order valence-corrected chi connectivity index (χ4v) is 2.67. The lowest BCUT2D eigenvalue weighted by atomic mass is 10.2. The van der Waals surface area contributed by atoms with Crippen LogP contribution in [0.5, 0.6) is 5.75 Å². The smallest absolute Gasteiger partial charge is 0.339 e. The van der Waals surface area contributed by atoms with Crippen LogP contribution in [0.3, 0.4) is 0 Å². The van der Waals surface area contributed by atoms with E-state index in [9.17, 15) is 4.79 Å². The van der Waals surface area contributed by atoms with Gasteiger partial charge in [-0.05, 0) is 42.5 Å². The predicted octanol–water partition coefficient (Wildman–Crippen LogP) is 4.29. The van der Waals surface area contributed by atoms with Crippen LogP contribution in [-0.4, -0.2) is 20.2 Å². The van der Waals surface area contributed by atoms with Crippen molar-refractivity contribution in [2.24, 2.45) is 0 Å². The first-order valence-electron chi connectivity index (χ1n) is 5.84. The molecule has 0 aliphatic carbocycles. The Bertz CT molecular complexity index is 611. The summed E-state index contributed by atoms with van der Waals surface area (Å²) in [6, 6.07) is 13.0. The summed E-state index contributed by atoms with van der Waals surface area (Å²) >= 11 is 7.52. The van der Waals surface area contributed by atoms with Crippen LogP contribution in [0.4, 0.5) is 0 Å². The molecule has 0 N–H and O–H groups in total. The third-order valence-electron chi connectivity index (χ3n) is 2.64. The van der Waals surface area contributed by atoms with Gasteiger partial charge in [-0.2, -0.15) is 0 Å². The van der Waals surface area contributed by atoms with E-state index >= 15 is 0 Å². The van der Waals surface area contributed by atoms with Crippen LogP contribution in [0.1, 0.15) is 10.4 Å². The molecule has 20 heavy (non-hydrogen) atoms. The summed E-state index contributed by atoms with van der Waals surface area (Å²) in [4.78, 5) is 13.6. The number of halogens is 1. The van der Waals surface area contributed by atoms with Gasteiger partial charge in [-0.15, -0.1) is 0 Å². The highest BCUT2D eigenvalue weighted by Crippen LogP contribution is 2.31. The topological polar surface area (TPSA) is 35.5 Å². The molecule has 0 radical (unpaired) electrons. The zero-order valence-electron chi connectivity index (χ0n) is 11.1. The Morgan fingerprint density at radius 1 is 1.05 bits per heavy atom. The predicted molar refractivity (Wildman–Crippen MR) is 79.9 cm³/mol. The van der Waals surface area contributed by atoms with Crippen molar-refractivity contribution < 1.29 is 14.3 Å². The maximum Gasteiger partial charge on any atom is 0.339 e. The average molecular weight is 309 g/mol. The molecule has 0 saturated carbocycles. The molecule has 0 aliphatic rings. The fraction of sp³-hybridized carbons (Fsp3) is 0.133. The molecule has 2 aromatic rings. The van der Waals surface area contributed by atoms with Crippen molar-refractivity contribution in [3.63, 3.8) is 0 Å². The Morgan fingerprint density at radius 2 is 1.70 bits per heavy atom. The standard InChI is InChI=1S/C15H13ClO3S/c1-18-10-3-5-11(6-4-10)20-12-7-8-14(16)13(9-12)15(17)19-2/h3-9H,1-2H3. The van der Waals surface area contributed by atoms with Crippen molar-refractivity contribution in [2.45, 2.75) is 9.79 Å². The number of hydrogen-bond acceptors (Lipinski definition) is 4. The van der Waals surface area contributed by atoms with Crippen LogP contribution in [0.15, 0.2) is 52.3 Å². The SMILES string of the molecule is COC(=O)c1cc(Sc2ccc(OC)cc2)ccc1Cl. The van der Waals surface area contributed by atoms with Gasteiger partial charge in [-0.3, -0.25) is 0 Å². The van der Waals surface area contributed by atoms with Crippen LogP contribution in [0.2, 0.25) is 5.02 Å². The van der Waals surface area contributed by atoms with Crippen LogP contribution >= 0.6 is 23.4 Å². The van der Waals surface area contributed by atoms with E-state index in [2.05, 4.69) is 0 Å². The normalized spacial score (nSPS) is 10.2. The summed E-state index contributed by atoms with van der Waals surface area (Å²) in [5.74, 6) is 0.368. The van der Waals surface area contributed by atoms with Crippen LogP contribution < -0.4 is 4.74 Å². The van der Waals surface area contributed by atoms with Crippen molar-refractivity contribution in [1.82, 2.24) is 0 Å².